The number of nitrogens with one attached hydrogen (secondary N) is 1. The number of hydrazone groups is 1. The fourth-order valence-electron chi connectivity index (χ4n) is 0.810. The highest BCUT2D eigenvalue weighted by molar-refractivity contribution is 7.80. The van der Waals surface area contributed by atoms with E-state index in [2.05, 4.69) is 23.2 Å². The normalized spacial score (nSPS) is 8.53. The van der Waals surface area contributed by atoms with Gasteiger partial charge in [-0.15, -0.1) is 12.6 Å². The molecule has 0 saturated carbocycles. The third-order valence-corrected chi connectivity index (χ3v) is 2.17. The molecule has 0 aliphatic rings. The van der Waals surface area contributed by atoms with Crippen LogP contribution in [0.3, 0.4) is 0 Å². The van der Waals surface area contributed by atoms with Crippen LogP contribution in [0.25, 0.3) is 0 Å². The number of thiol groups is 1. The fraction of sp³-hybridized carbons (Fsp3) is 0. The summed E-state index contributed by atoms with van der Waals surface area (Å²) in [6.07, 6.45) is 0. The van der Waals surface area contributed by atoms with Crippen molar-refractivity contribution in [2.45, 2.75) is 4.90 Å². The van der Waals surface area contributed by atoms with Gasteiger partial charge < -0.3 is 0 Å². The van der Waals surface area contributed by atoms with Crippen LogP contribution in [0, 0.1) is 22.7 Å². The summed E-state index contributed by atoms with van der Waals surface area (Å²) in [6.45, 7) is 0. The fourth-order valence-corrected chi connectivity index (χ4v) is 1.35. The molecule has 15 heavy (non-hydrogen) atoms. The zero-order valence-electron chi connectivity index (χ0n) is 7.40. The van der Waals surface area contributed by atoms with Gasteiger partial charge in [-0.25, -0.2) is 0 Å². The van der Waals surface area contributed by atoms with Gasteiger partial charge in [-0.1, -0.05) is 17.7 Å². The van der Waals surface area contributed by atoms with Crippen LogP contribution in [-0.2, 0) is 0 Å². The molecule has 1 rings (SSSR count). The average Bonchev–Trinajstić information content (AvgIpc) is 2.23. The van der Waals surface area contributed by atoms with E-state index in [-0.39, 0.29) is 5.71 Å². The monoisotopic (exact) mass is 236 g/mol. The number of para-hydroxylation sites is 1. The van der Waals surface area contributed by atoms with Crippen molar-refractivity contribution in [2.24, 2.45) is 5.10 Å². The van der Waals surface area contributed by atoms with Gasteiger partial charge in [0.25, 0.3) is 0 Å². The molecule has 0 radical (unpaired) electrons. The van der Waals surface area contributed by atoms with Crippen molar-refractivity contribution >= 4 is 35.6 Å². The summed E-state index contributed by atoms with van der Waals surface area (Å²) >= 11 is 10.00. The van der Waals surface area contributed by atoms with Crippen LogP contribution in [0.4, 0.5) is 5.69 Å². The van der Waals surface area contributed by atoms with Crippen LogP contribution in [0.1, 0.15) is 0 Å². The van der Waals surface area contributed by atoms with Crippen LogP contribution in [0.15, 0.2) is 28.2 Å². The molecular weight excluding hydrogens is 232 g/mol. The molecule has 0 aromatic heterocycles. The average molecular weight is 237 g/mol. The van der Waals surface area contributed by atoms with E-state index in [4.69, 9.17) is 22.1 Å². The Morgan fingerprint density at radius 3 is 2.60 bits per heavy atom. The zero-order chi connectivity index (χ0) is 11.3. The first-order chi connectivity index (χ1) is 7.19. The molecule has 0 saturated heterocycles. The van der Waals surface area contributed by atoms with Gasteiger partial charge in [-0.3, -0.25) is 5.43 Å². The van der Waals surface area contributed by atoms with E-state index >= 15 is 0 Å². The Morgan fingerprint density at radius 2 is 2.07 bits per heavy atom. The lowest BCUT2D eigenvalue weighted by Crippen LogP contribution is -1.97. The maximum Gasteiger partial charge on any atom is 0.237 e. The molecule has 0 amide bonds. The maximum atomic E-state index is 8.45. The Bertz CT molecular complexity index is 448. The molecule has 0 aliphatic carbocycles. The molecule has 0 aliphatic heterocycles. The summed E-state index contributed by atoms with van der Waals surface area (Å²) in [5.41, 5.74) is 2.71. The van der Waals surface area contributed by atoms with Gasteiger partial charge in [0.15, 0.2) is 0 Å². The molecule has 1 N–H and O–H groups in total. The quantitative estimate of drug-likeness (QED) is 0.471. The Hall–Kier alpha value is -1.69. The van der Waals surface area contributed by atoms with Crippen LogP contribution < -0.4 is 5.43 Å². The minimum atomic E-state index is -0.275. The molecule has 6 heteroatoms. The molecule has 0 bridgehead atoms. The first kappa shape index (κ1) is 11.4. The van der Waals surface area contributed by atoms with Gasteiger partial charge in [0, 0.05) is 4.90 Å². The van der Waals surface area contributed by atoms with Crippen molar-refractivity contribution in [1.29, 1.82) is 10.5 Å². The Morgan fingerprint density at radius 1 is 1.40 bits per heavy atom. The zero-order valence-corrected chi connectivity index (χ0v) is 9.05. The number of hydrogen-bond acceptors (Lipinski definition) is 5. The van der Waals surface area contributed by atoms with E-state index in [1.807, 2.05) is 0 Å². The molecule has 74 valence electrons. The van der Waals surface area contributed by atoms with E-state index in [0.717, 1.165) is 0 Å². The molecule has 0 unspecified atom stereocenters. The highest BCUT2D eigenvalue weighted by Gasteiger charge is 2.03. The molecule has 1 aromatic rings. The van der Waals surface area contributed by atoms with E-state index in [0.29, 0.717) is 15.6 Å². The van der Waals surface area contributed by atoms with E-state index < -0.39 is 0 Å². The Labute approximate surface area is 97.2 Å². The second kappa shape index (κ2) is 5.26. The first-order valence-corrected chi connectivity index (χ1v) is 4.63. The summed E-state index contributed by atoms with van der Waals surface area (Å²) in [5, 5.41) is 20.9. The minimum Gasteiger partial charge on any atom is -0.274 e. The second-order valence-corrected chi connectivity index (χ2v) is 3.32. The third kappa shape index (κ3) is 2.88. The standard InChI is InChI=1S/C9H5ClN4S/c10-7-2-1-3-8(15)9(7)14-13-6(4-11)5-12/h1-3,14-15H. The molecule has 1 aromatic carbocycles. The van der Waals surface area contributed by atoms with Crippen molar-refractivity contribution in [3.63, 3.8) is 0 Å². The van der Waals surface area contributed by atoms with Gasteiger partial charge in [0.1, 0.15) is 12.1 Å². The highest BCUT2D eigenvalue weighted by Crippen LogP contribution is 2.28. The van der Waals surface area contributed by atoms with Crippen molar-refractivity contribution in [3.8, 4) is 12.1 Å². The lowest BCUT2D eigenvalue weighted by Gasteiger charge is -2.05. The number of anilines is 1. The summed E-state index contributed by atoms with van der Waals surface area (Å²) < 4.78 is 0. The van der Waals surface area contributed by atoms with Gasteiger partial charge in [0.05, 0.1) is 10.7 Å². The van der Waals surface area contributed by atoms with Gasteiger partial charge >= 0.3 is 0 Å². The van der Waals surface area contributed by atoms with E-state index in [1.165, 1.54) is 0 Å². The largest absolute Gasteiger partial charge is 0.274 e. The Kier molecular flexibility index (Phi) is 3.99. The topological polar surface area (TPSA) is 72.0 Å². The number of nitriles is 2. The van der Waals surface area contributed by atoms with E-state index in [9.17, 15) is 0 Å². The number of hydrogen-bond donors (Lipinski definition) is 2. The van der Waals surface area contributed by atoms with Crippen molar-refractivity contribution in [1.82, 2.24) is 0 Å². The summed E-state index contributed by atoms with van der Waals surface area (Å²) in [5.74, 6) is 0. The van der Waals surface area contributed by atoms with Gasteiger partial charge in [-0.2, -0.15) is 15.6 Å². The summed E-state index contributed by atoms with van der Waals surface area (Å²) in [4.78, 5) is 0.585. The lowest BCUT2D eigenvalue weighted by molar-refractivity contribution is 1.29. The number of benzene rings is 1. The predicted octanol–water partition coefficient (Wildman–Crippen LogP) is 2.44. The van der Waals surface area contributed by atoms with Crippen LogP contribution in [0.5, 0.6) is 0 Å². The van der Waals surface area contributed by atoms with Gasteiger partial charge in [-0.05, 0) is 12.1 Å². The molecule has 4 nitrogen and oxygen atoms in total. The van der Waals surface area contributed by atoms with Crippen LogP contribution in [-0.4, -0.2) is 5.71 Å². The molecule has 0 atom stereocenters. The number of nitrogens with zero attached hydrogens (tertiary/aromatic N) is 3. The maximum absolute atomic E-state index is 8.45. The second-order valence-electron chi connectivity index (χ2n) is 2.43. The molecule has 0 fully saturated rings. The predicted molar refractivity (Wildman–Crippen MR) is 61.0 cm³/mol. The molecule has 0 spiro atoms. The van der Waals surface area contributed by atoms with Crippen LogP contribution >= 0.6 is 24.2 Å². The van der Waals surface area contributed by atoms with Gasteiger partial charge in [0.2, 0.25) is 5.71 Å². The first-order valence-electron chi connectivity index (χ1n) is 3.80. The van der Waals surface area contributed by atoms with Crippen molar-refractivity contribution in [2.75, 3.05) is 5.43 Å². The van der Waals surface area contributed by atoms with Crippen LogP contribution in [0.2, 0.25) is 5.02 Å². The minimum absolute atomic E-state index is 0.275. The number of rotatable bonds is 2. The SMILES string of the molecule is N#CC(C#N)=NNc1c(S)cccc1Cl. The smallest absolute Gasteiger partial charge is 0.237 e. The van der Waals surface area contributed by atoms with Crippen molar-refractivity contribution < 1.29 is 0 Å². The third-order valence-electron chi connectivity index (χ3n) is 1.48. The highest BCUT2D eigenvalue weighted by atomic mass is 35.5. The summed E-state index contributed by atoms with van der Waals surface area (Å²) in [7, 11) is 0. The molecular formula is C9H5ClN4S. The molecule has 0 heterocycles. The van der Waals surface area contributed by atoms with E-state index in [1.54, 1.807) is 30.3 Å². The number of halogens is 1. The summed E-state index contributed by atoms with van der Waals surface area (Å²) in [6, 6.07) is 8.33. The Balaban J connectivity index is 2.98. The lowest BCUT2D eigenvalue weighted by atomic mass is 10.3. The van der Waals surface area contributed by atoms with Crippen molar-refractivity contribution in [3.05, 3.63) is 23.2 Å².